The standard InChI is InChI=1S/C25H23N5O6S2/c1-34-20-12-15(13-21(35-2)23(20)36-3)24(31)29-25(37)27-16-8-10-17(11-9-16)38(32,33)30-22-14-26-18-6-4-5-7-19(18)28-22/h4-14H,1-3H3,(H,28,30)(H2,27,29,31,37). The number of sulfonamides is 1. The van der Waals surface area contributed by atoms with E-state index in [-0.39, 0.29) is 21.4 Å². The first-order chi connectivity index (χ1) is 18.2. The Morgan fingerprint density at radius 1 is 0.895 bits per heavy atom. The summed E-state index contributed by atoms with van der Waals surface area (Å²) in [5, 5.41) is 5.41. The molecule has 0 radical (unpaired) electrons. The molecule has 0 unspecified atom stereocenters. The number of nitrogens with zero attached hydrogens (tertiary/aromatic N) is 2. The Balaban J connectivity index is 1.42. The van der Waals surface area contributed by atoms with E-state index in [4.69, 9.17) is 26.4 Å². The summed E-state index contributed by atoms with van der Waals surface area (Å²) in [6.45, 7) is 0. The number of hydrogen-bond donors (Lipinski definition) is 3. The minimum Gasteiger partial charge on any atom is -0.493 e. The van der Waals surface area contributed by atoms with Crippen LogP contribution in [0.5, 0.6) is 17.2 Å². The first-order valence-electron chi connectivity index (χ1n) is 11.0. The zero-order valence-electron chi connectivity index (χ0n) is 20.5. The van der Waals surface area contributed by atoms with E-state index in [1.54, 1.807) is 18.2 Å². The van der Waals surface area contributed by atoms with Gasteiger partial charge in [0.05, 0.1) is 43.5 Å². The monoisotopic (exact) mass is 553 g/mol. The van der Waals surface area contributed by atoms with E-state index in [1.807, 2.05) is 6.07 Å². The van der Waals surface area contributed by atoms with Gasteiger partial charge in [-0.05, 0) is 60.7 Å². The lowest BCUT2D eigenvalue weighted by Crippen LogP contribution is -2.34. The van der Waals surface area contributed by atoms with Crippen LogP contribution in [0.15, 0.2) is 71.8 Å². The maximum Gasteiger partial charge on any atom is 0.263 e. The summed E-state index contributed by atoms with van der Waals surface area (Å²) in [5.41, 5.74) is 1.91. The van der Waals surface area contributed by atoms with Crippen LogP contribution >= 0.6 is 12.2 Å². The summed E-state index contributed by atoms with van der Waals surface area (Å²) in [6, 6.07) is 15.9. The first kappa shape index (κ1) is 26.6. The van der Waals surface area contributed by atoms with Gasteiger partial charge < -0.3 is 19.5 Å². The minimum absolute atomic E-state index is 0.00363. The molecule has 1 aromatic heterocycles. The third-order valence-electron chi connectivity index (χ3n) is 5.26. The molecule has 3 N–H and O–H groups in total. The van der Waals surface area contributed by atoms with Crippen LogP contribution in [0.1, 0.15) is 10.4 Å². The molecule has 3 aromatic carbocycles. The van der Waals surface area contributed by atoms with Gasteiger partial charge in [-0.3, -0.25) is 19.8 Å². The Hall–Kier alpha value is -4.49. The first-order valence-corrected chi connectivity index (χ1v) is 12.9. The maximum absolute atomic E-state index is 12.8. The van der Waals surface area contributed by atoms with Crippen LogP contribution in [-0.2, 0) is 10.0 Å². The van der Waals surface area contributed by atoms with Crippen LogP contribution in [0.2, 0.25) is 0 Å². The van der Waals surface area contributed by atoms with Crippen molar-refractivity contribution in [2.24, 2.45) is 0 Å². The maximum atomic E-state index is 12.8. The summed E-state index contributed by atoms with van der Waals surface area (Å²) in [4.78, 5) is 21.2. The number of benzene rings is 3. The van der Waals surface area contributed by atoms with Crippen LogP contribution in [0, 0.1) is 0 Å². The van der Waals surface area contributed by atoms with Crippen LogP contribution in [0.25, 0.3) is 11.0 Å². The highest BCUT2D eigenvalue weighted by molar-refractivity contribution is 7.92. The second-order valence-electron chi connectivity index (χ2n) is 7.70. The Morgan fingerprint density at radius 3 is 2.13 bits per heavy atom. The molecule has 1 amide bonds. The van der Waals surface area contributed by atoms with Gasteiger partial charge >= 0.3 is 0 Å². The van der Waals surface area contributed by atoms with Crippen LogP contribution in [-0.4, -0.2) is 50.7 Å². The number of rotatable bonds is 8. The Kier molecular flexibility index (Phi) is 7.88. The molecule has 4 rings (SSSR count). The summed E-state index contributed by atoms with van der Waals surface area (Å²) < 4.78 is 43.9. The van der Waals surface area contributed by atoms with Crippen molar-refractivity contribution in [3.63, 3.8) is 0 Å². The van der Waals surface area contributed by atoms with E-state index in [0.29, 0.717) is 34.0 Å². The van der Waals surface area contributed by atoms with E-state index in [2.05, 4.69) is 25.3 Å². The average Bonchev–Trinajstić information content (AvgIpc) is 2.92. The molecule has 0 aliphatic rings. The zero-order chi connectivity index (χ0) is 27.3. The van der Waals surface area contributed by atoms with Gasteiger partial charge in [0.1, 0.15) is 0 Å². The molecular weight excluding hydrogens is 530 g/mol. The second-order valence-corrected chi connectivity index (χ2v) is 9.79. The molecule has 13 heteroatoms. The van der Waals surface area contributed by atoms with Crippen LogP contribution in [0.4, 0.5) is 11.5 Å². The lowest BCUT2D eigenvalue weighted by atomic mass is 10.1. The fraction of sp³-hybridized carbons (Fsp3) is 0.120. The number of methoxy groups -OCH3 is 3. The highest BCUT2D eigenvalue weighted by Crippen LogP contribution is 2.38. The quantitative estimate of drug-likeness (QED) is 0.277. The number of carbonyl (C=O) groups is 1. The molecule has 0 atom stereocenters. The zero-order valence-corrected chi connectivity index (χ0v) is 22.1. The molecule has 0 fully saturated rings. The molecule has 0 bridgehead atoms. The number of hydrogen-bond acceptors (Lipinski definition) is 9. The normalized spacial score (nSPS) is 10.9. The molecule has 0 saturated heterocycles. The lowest BCUT2D eigenvalue weighted by molar-refractivity contribution is 0.0977. The van der Waals surface area contributed by atoms with Gasteiger partial charge in [0.15, 0.2) is 22.4 Å². The molecule has 11 nitrogen and oxygen atoms in total. The third-order valence-corrected chi connectivity index (χ3v) is 6.84. The lowest BCUT2D eigenvalue weighted by Gasteiger charge is -2.15. The fourth-order valence-corrected chi connectivity index (χ4v) is 4.67. The van der Waals surface area contributed by atoms with Crippen molar-refractivity contribution in [2.75, 3.05) is 31.4 Å². The van der Waals surface area contributed by atoms with Crippen molar-refractivity contribution in [3.05, 3.63) is 72.4 Å². The topological polar surface area (TPSA) is 141 Å². The summed E-state index contributed by atoms with van der Waals surface area (Å²) >= 11 is 5.24. The van der Waals surface area contributed by atoms with Gasteiger partial charge in [-0.25, -0.2) is 13.4 Å². The van der Waals surface area contributed by atoms with E-state index in [1.165, 1.54) is 63.9 Å². The largest absolute Gasteiger partial charge is 0.493 e. The van der Waals surface area contributed by atoms with Crippen LogP contribution in [0.3, 0.4) is 0 Å². The number of aromatic nitrogens is 2. The highest BCUT2D eigenvalue weighted by Gasteiger charge is 2.18. The number of fused-ring (bicyclic) bond motifs is 1. The number of amides is 1. The SMILES string of the molecule is COc1cc(C(=O)NC(=S)Nc2ccc(S(=O)(=O)Nc3cnc4ccccc4n3)cc2)cc(OC)c1OC. The van der Waals surface area contributed by atoms with E-state index >= 15 is 0 Å². The molecule has 0 aliphatic carbocycles. The third kappa shape index (κ3) is 5.90. The Bertz CT molecular complexity index is 1590. The van der Waals surface area contributed by atoms with Crippen molar-refractivity contribution in [2.45, 2.75) is 4.90 Å². The summed E-state index contributed by atoms with van der Waals surface area (Å²) in [5.74, 6) is 0.569. The van der Waals surface area contributed by atoms with Crippen molar-refractivity contribution in [3.8, 4) is 17.2 Å². The Morgan fingerprint density at radius 2 is 1.53 bits per heavy atom. The molecule has 4 aromatic rings. The van der Waals surface area contributed by atoms with Gasteiger partial charge in [-0.2, -0.15) is 0 Å². The Labute approximate surface area is 224 Å². The number of thiocarbonyl (C=S) groups is 1. The molecule has 0 aliphatic heterocycles. The summed E-state index contributed by atoms with van der Waals surface area (Å²) in [7, 11) is 0.432. The average molecular weight is 554 g/mol. The number of nitrogens with one attached hydrogen (secondary N) is 3. The van der Waals surface area contributed by atoms with Gasteiger partial charge in [0, 0.05) is 11.3 Å². The molecule has 0 saturated carbocycles. The summed E-state index contributed by atoms with van der Waals surface area (Å²) in [6.07, 6.45) is 1.35. The minimum atomic E-state index is -3.92. The predicted octanol–water partition coefficient (Wildman–Crippen LogP) is 3.58. The van der Waals surface area contributed by atoms with E-state index in [9.17, 15) is 13.2 Å². The number of ether oxygens (including phenoxy) is 3. The van der Waals surface area contributed by atoms with Crippen molar-refractivity contribution >= 4 is 55.8 Å². The molecule has 1 heterocycles. The second kappa shape index (κ2) is 11.3. The number of para-hydroxylation sites is 2. The fourth-order valence-electron chi connectivity index (χ4n) is 3.47. The van der Waals surface area contributed by atoms with Gasteiger partial charge in [0.25, 0.3) is 15.9 Å². The van der Waals surface area contributed by atoms with Crippen molar-refractivity contribution < 1.29 is 27.4 Å². The van der Waals surface area contributed by atoms with E-state index in [0.717, 1.165) is 0 Å². The molecule has 196 valence electrons. The molecule has 38 heavy (non-hydrogen) atoms. The van der Waals surface area contributed by atoms with Crippen molar-refractivity contribution in [1.82, 2.24) is 15.3 Å². The van der Waals surface area contributed by atoms with Gasteiger partial charge in [-0.1, -0.05) is 12.1 Å². The molecule has 0 spiro atoms. The van der Waals surface area contributed by atoms with Crippen LogP contribution < -0.4 is 29.6 Å². The van der Waals surface area contributed by atoms with Gasteiger partial charge in [-0.15, -0.1) is 0 Å². The highest BCUT2D eigenvalue weighted by atomic mass is 32.2. The number of carbonyl (C=O) groups excluding carboxylic acids is 1. The molecular formula is C25H23N5O6S2. The smallest absolute Gasteiger partial charge is 0.263 e. The van der Waals surface area contributed by atoms with Crippen molar-refractivity contribution in [1.29, 1.82) is 0 Å². The van der Waals surface area contributed by atoms with Gasteiger partial charge in [0.2, 0.25) is 5.75 Å². The van der Waals surface area contributed by atoms with E-state index < -0.39 is 15.9 Å². The number of anilines is 2. The predicted molar refractivity (Wildman–Crippen MR) is 147 cm³/mol.